The van der Waals surface area contributed by atoms with Gasteiger partial charge in [0, 0.05) is 46.4 Å². The largest absolute Gasteiger partial charge is 0.379 e. The van der Waals surface area contributed by atoms with E-state index >= 15 is 0 Å². The number of nitrogens with zero attached hydrogens (tertiary/aromatic N) is 2. The van der Waals surface area contributed by atoms with Crippen molar-refractivity contribution in [1.29, 1.82) is 0 Å². The molecule has 0 bridgehead atoms. The Balaban J connectivity index is 0.00000288. The fourth-order valence-corrected chi connectivity index (χ4v) is 3.89. The van der Waals surface area contributed by atoms with Crippen molar-refractivity contribution < 1.29 is 4.74 Å². The first-order valence-corrected chi connectivity index (χ1v) is 9.76. The second-order valence-electron chi connectivity index (χ2n) is 6.19. The molecule has 1 saturated heterocycles. The minimum Gasteiger partial charge on any atom is -0.379 e. The number of nitrogens with one attached hydrogen (secondary N) is 2. The standard InChI is InChI=1S/C16H27BrN4OS.HI/c1-4-18-15(19-10-14-9-13(17)11-23-14)20-12-16(2,3)21-5-7-22-8-6-21;/h9,11H,4-8,10,12H2,1-3H3,(H2,18,19,20);1H. The summed E-state index contributed by atoms with van der Waals surface area (Å²) in [5.74, 6) is 0.873. The number of halogens is 2. The molecule has 138 valence electrons. The van der Waals surface area contributed by atoms with Crippen LogP contribution < -0.4 is 10.6 Å². The van der Waals surface area contributed by atoms with E-state index in [1.54, 1.807) is 11.3 Å². The van der Waals surface area contributed by atoms with Gasteiger partial charge in [0.15, 0.2) is 5.96 Å². The summed E-state index contributed by atoms with van der Waals surface area (Å²) in [6.07, 6.45) is 0. The smallest absolute Gasteiger partial charge is 0.191 e. The van der Waals surface area contributed by atoms with Crippen LogP contribution in [0.2, 0.25) is 0 Å². The number of thiophene rings is 1. The number of hydrogen-bond acceptors (Lipinski definition) is 4. The second-order valence-corrected chi connectivity index (χ2v) is 8.10. The Labute approximate surface area is 174 Å². The molecule has 1 aliphatic rings. The van der Waals surface area contributed by atoms with Crippen molar-refractivity contribution in [1.82, 2.24) is 15.5 Å². The summed E-state index contributed by atoms with van der Waals surface area (Å²) in [5.41, 5.74) is 0.0753. The predicted octanol–water partition coefficient (Wildman–Crippen LogP) is 3.29. The molecule has 5 nitrogen and oxygen atoms in total. The van der Waals surface area contributed by atoms with E-state index in [2.05, 4.69) is 68.7 Å². The van der Waals surface area contributed by atoms with Crippen molar-refractivity contribution in [3.8, 4) is 0 Å². The molecule has 1 aromatic heterocycles. The normalized spacial score (nSPS) is 16.6. The van der Waals surface area contributed by atoms with Crippen molar-refractivity contribution >= 4 is 57.2 Å². The summed E-state index contributed by atoms with van der Waals surface area (Å²) >= 11 is 5.21. The van der Waals surface area contributed by atoms with Gasteiger partial charge >= 0.3 is 0 Å². The van der Waals surface area contributed by atoms with Crippen LogP contribution in [0.5, 0.6) is 0 Å². The highest BCUT2D eigenvalue weighted by molar-refractivity contribution is 14.0. The van der Waals surface area contributed by atoms with Crippen LogP contribution in [-0.4, -0.2) is 55.8 Å². The highest BCUT2D eigenvalue weighted by atomic mass is 127. The average molecular weight is 531 g/mol. The van der Waals surface area contributed by atoms with E-state index in [9.17, 15) is 0 Å². The molecule has 0 aliphatic carbocycles. The minimum atomic E-state index is 0. The Morgan fingerprint density at radius 1 is 1.38 bits per heavy atom. The van der Waals surface area contributed by atoms with Gasteiger partial charge in [-0.2, -0.15) is 0 Å². The zero-order chi connectivity index (χ0) is 16.7. The van der Waals surface area contributed by atoms with Crippen LogP contribution in [-0.2, 0) is 11.3 Å². The van der Waals surface area contributed by atoms with Crippen molar-refractivity contribution in [2.24, 2.45) is 4.99 Å². The third-order valence-electron chi connectivity index (χ3n) is 3.91. The molecule has 2 N–H and O–H groups in total. The molecule has 0 unspecified atom stereocenters. The van der Waals surface area contributed by atoms with Crippen LogP contribution in [0.25, 0.3) is 0 Å². The summed E-state index contributed by atoms with van der Waals surface area (Å²) in [4.78, 5) is 8.41. The first-order chi connectivity index (χ1) is 11.0. The highest BCUT2D eigenvalue weighted by Crippen LogP contribution is 2.20. The van der Waals surface area contributed by atoms with E-state index in [0.29, 0.717) is 6.54 Å². The van der Waals surface area contributed by atoms with Gasteiger partial charge in [0.1, 0.15) is 0 Å². The molecule has 1 aromatic rings. The van der Waals surface area contributed by atoms with Gasteiger partial charge in [-0.3, -0.25) is 4.90 Å². The van der Waals surface area contributed by atoms with Crippen molar-refractivity contribution in [2.45, 2.75) is 32.9 Å². The van der Waals surface area contributed by atoms with Gasteiger partial charge < -0.3 is 15.4 Å². The summed E-state index contributed by atoms with van der Waals surface area (Å²) in [7, 11) is 0. The van der Waals surface area contributed by atoms with Crippen LogP contribution in [0.4, 0.5) is 0 Å². The Bertz CT molecular complexity index is 518. The fraction of sp³-hybridized carbons (Fsp3) is 0.688. The maximum absolute atomic E-state index is 5.45. The quantitative estimate of drug-likeness (QED) is 0.336. The molecule has 2 rings (SSSR count). The second kappa shape index (κ2) is 10.9. The Kier molecular flexibility index (Phi) is 10.1. The van der Waals surface area contributed by atoms with E-state index in [1.165, 1.54) is 4.88 Å². The van der Waals surface area contributed by atoms with Crippen LogP contribution in [0.15, 0.2) is 20.9 Å². The lowest BCUT2D eigenvalue weighted by Gasteiger charge is -2.41. The molecule has 0 spiro atoms. The lowest BCUT2D eigenvalue weighted by Crippen LogP contribution is -2.56. The summed E-state index contributed by atoms with van der Waals surface area (Å²) in [6.45, 7) is 12.7. The topological polar surface area (TPSA) is 48.9 Å². The molecular formula is C16H28BrIN4OS. The Hall–Kier alpha value is 0.1000. The number of ether oxygens (including phenoxy) is 1. The summed E-state index contributed by atoms with van der Waals surface area (Å²) in [5, 5.41) is 8.90. The van der Waals surface area contributed by atoms with E-state index in [1.807, 2.05) is 0 Å². The third-order valence-corrected chi connectivity index (χ3v) is 5.60. The van der Waals surface area contributed by atoms with Crippen LogP contribution in [0, 0.1) is 0 Å². The lowest BCUT2D eigenvalue weighted by atomic mass is 10.0. The molecule has 0 amide bonds. The average Bonchev–Trinajstić information content (AvgIpc) is 2.96. The Morgan fingerprint density at radius 3 is 2.67 bits per heavy atom. The van der Waals surface area contributed by atoms with Gasteiger partial charge in [-0.1, -0.05) is 0 Å². The van der Waals surface area contributed by atoms with Crippen molar-refractivity contribution in [3.63, 3.8) is 0 Å². The molecule has 0 atom stereocenters. The summed E-state index contributed by atoms with van der Waals surface area (Å²) in [6, 6.07) is 2.12. The van der Waals surface area contributed by atoms with Gasteiger partial charge in [-0.15, -0.1) is 35.3 Å². The number of hydrogen-bond donors (Lipinski definition) is 2. The van der Waals surface area contributed by atoms with Crippen LogP contribution in [0.1, 0.15) is 25.6 Å². The zero-order valence-corrected chi connectivity index (χ0v) is 19.3. The predicted molar refractivity (Wildman–Crippen MR) is 117 cm³/mol. The van der Waals surface area contributed by atoms with Gasteiger partial charge in [0.05, 0.1) is 19.8 Å². The molecule has 24 heavy (non-hydrogen) atoms. The molecule has 1 fully saturated rings. The molecule has 0 aromatic carbocycles. The van der Waals surface area contributed by atoms with Gasteiger partial charge in [0.25, 0.3) is 0 Å². The number of rotatable bonds is 6. The molecule has 2 heterocycles. The SMILES string of the molecule is CCNC(=NCc1cc(Br)cs1)NCC(C)(C)N1CCOCC1.I. The molecule has 0 saturated carbocycles. The van der Waals surface area contributed by atoms with Gasteiger partial charge in [-0.05, 0) is 42.8 Å². The lowest BCUT2D eigenvalue weighted by molar-refractivity contribution is -0.00834. The monoisotopic (exact) mass is 530 g/mol. The van der Waals surface area contributed by atoms with Crippen molar-refractivity contribution in [3.05, 3.63) is 20.8 Å². The maximum Gasteiger partial charge on any atom is 0.191 e. The first kappa shape index (κ1) is 22.1. The number of morpholine rings is 1. The fourth-order valence-electron chi connectivity index (χ4n) is 2.52. The third kappa shape index (κ3) is 7.15. The van der Waals surface area contributed by atoms with Crippen molar-refractivity contribution in [2.75, 3.05) is 39.4 Å². The summed E-state index contributed by atoms with van der Waals surface area (Å²) < 4.78 is 6.57. The molecule has 8 heteroatoms. The zero-order valence-electron chi connectivity index (χ0n) is 14.6. The van der Waals surface area contributed by atoms with E-state index in [4.69, 9.17) is 4.74 Å². The van der Waals surface area contributed by atoms with E-state index < -0.39 is 0 Å². The molecule has 0 radical (unpaired) electrons. The minimum absolute atomic E-state index is 0. The highest BCUT2D eigenvalue weighted by Gasteiger charge is 2.28. The first-order valence-electron chi connectivity index (χ1n) is 8.09. The van der Waals surface area contributed by atoms with E-state index in [-0.39, 0.29) is 29.5 Å². The van der Waals surface area contributed by atoms with Crippen LogP contribution >= 0.6 is 51.2 Å². The van der Waals surface area contributed by atoms with Gasteiger partial charge in [0.2, 0.25) is 0 Å². The molecule has 1 aliphatic heterocycles. The van der Waals surface area contributed by atoms with Crippen LogP contribution in [0.3, 0.4) is 0 Å². The molecular weight excluding hydrogens is 503 g/mol. The van der Waals surface area contributed by atoms with Gasteiger partial charge in [-0.25, -0.2) is 4.99 Å². The maximum atomic E-state index is 5.45. The number of aliphatic imine (C=N–C) groups is 1. The number of guanidine groups is 1. The van der Waals surface area contributed by atoms with E-state index in [0.717, 1.165) is 49.8 Å². The Morgan fingerprint density at radius 2 is 2.08 bits per heavy atom.